The van der Waals surface area contributed by atoms with E-state index in [-0.39, 0.29) is 11.3 Å². The summed E-state index contributed by atoms with van der Waals surface area (Å²) in [6.07, 6.45) is 2.84. The number of nitrogens with one attached hydrogen (secondary N) is 1. The Bertz CT molecular complexity index is 471. The lowest BCUT2D eigenvalue weighted by Gasteiger charge is -2.10. The van der Waals surface area contributed by atoms with Gasteiger partial charge in [0.2, 0.25) is 0 Å². The fraction of sp³-hybridized carbons (Fsp3) is 0.467. The first-order chi connectivity index (χ1) is 9.58. The standard InChI is InChI=1S/C15H21NO4/c1-3-5-9-20-15(19)16-13-8-7-11(6-4-2)10-12(13)14(17)18/h7-8,10H,3-6,9H2,1-2H3,(H,16,19)(H,17,18). The van der Waals surface area contributed by atoms with Crippen LogP contribution in [0.25, 0.3) is 0 Å². The largest absolute Gasteiger partial charge is 0.478 e. The molecule has 5 heteroatoms. The molecule has 1 aromatic rings. The van der Waals surface area contributed by atoms with Crippen molar-refractivity contribution >= 4 is 17.7 Å². The van der Waals surface area contributed by atoms with Crippen molar-refractivity contribution in [3.05, 3.63) is 29.3 Å². The first-order valence-electron chi connectivity index (χ1n) is 6.88. The van der Waals surface area contributed by atoms with Crippen LogP contribution in [0.4, 0.5) is 10.5 Å². The molecule has 110 valence electrons. The van der Waals surface area contributed by atoms with E-state index in [0.29, 0.717) is 6.61 Å². The summed E-state index contributed by atoms with van der Waals surface area (Å²) in [5.74, 6) is -1.06. The van der Waals surface area contributed by atoms with Crippen molar-refractivity contribution < 1.29 is 19.4 Å². The molecular weight excluding hydrogens is 258 g/mol. The topological polar surface area (TPSA) is 75.6 Å². The number of benzene rings is 1. The van der Waals surface area contributed by atoms with Crippen molar-refractivity contribution in [1.82, 2.24) is 0 Å². The number of carboxylic acid groups (broad SMARTS) is 1. The van der Waals surface area contributed by atoms with Gasteiger partial charge in [0.05, 0.1) is 17.9 Å². The van der Waals surface area contributed by atoms with E-state index in [0.717, 1.165) is 31.2 Å². The molecular formula is C15H21NO4. The minimum Gasteiger partial charge on any atom is -0.478 e. The predicted octanol–water partition coefficient (Wildman–Crippen LogP) is 3.69. The lowest BCUT2D eigenvalue weighted by atomic mass is 10.1. The van der Waals surface area contributed by atoms with Crippen LogP contribution in [0.3, 0.4) is 0 Å². The van der Waals surface area contributed by atoms with Gasteiger partial charge >= 0.3 is 12.1 Å². The molecule has 0 aliphatic carbocycles. The Morgan fingerprint density at radius 2 is 2.00 bits per heavy atom. The minimum atomic E-state index is -1.06. The molecule has 0 spiro atoms. The van der Waals surface area contributed by atoms with Gasteiger partial charge in [-0.05, 0) is 30.5 Å². The van der Waals surface area contributed by atoms with E-state index >= 15 is 0 Å². The van der Waals surface area contributed by atoms with Gasteiger partial charge in [0.25, 0.3) is 0 Å². The third kappa shape index (κ3) is 4.91. The monoisotopic (exact) mass is 279 g/mol. The molecule has 0 fully saturated rings. The van der Waals surface area contributed by atoms with E-state index in [1.807, 2.05) is 19.9 Å². The van der Waals surface area contributed by atoms with Crippen LogP contribution < -0.4 is 5.32 Å². The molecule has 0 saturated carbocycles. The second-order valence-corrected chi connectivity index (χ2v) is 4.55. The third-order valence-electron chi connectivity index (χ3n) is 2.82. The van der Waals surface area contributed by atoms with E-state index in [1.165, 1.54) is 0 Å². The molecule has 0 atom stereocenters. The third-order valence-corrected chi connectivity index (χ3v) is 2.82. The Morgan fingerprint density at radius 3 is 2.60 bits per heavy atom. The molecule has 5 nitrogen and oxygen atoms in total. The van der Waals surface area contributed by atoms with Crippen LogP contribution >= 0.6 is 0 Å². The summed E-state index contributed by atoms with van der Waals surface area (Å²) < 4.78 is 4.96. The normalized spacial score (nSPS) is 10.1. The summed E-state index contributed by atoms with van der Waals surface area (Å²) in [6, 6.07) is 5.01. The maximum absolute atomic E-state index is 11.5. The number of amides is 1. The molecule has 0 heterocycles. The highest BCUT2D eigenvalue weighted by Crippen LogP contribution is 2.19. The average molecular weight is 279 g/mol. The summed E-state index contributed by atoms with van der Waals surface area (Å²) >= 11 is 0. The van der Waals surface area contributed by atoms with Gasteiger partial charge < -0.3 is 9.84 Å². The molecule has 0 radical (unpaired) electrons. The highest BCUT2D eigenvalue weighted by Gasteiger charge is 2.13. The SMILES string of the molecule is CCCCOC(=O)Nc1ccc(CCC)cc1C(=O)O. The van der Waals surface area contributed by atoms with E-state index < -0.39 is 12.1 Å². The van der Waals surface area contributed by atoms with Gasteiger partial charge in [-0.3, -0.25) is 5.32 Å². The number of carbonyl (C=O) groups is 2. The Kier molecular flexibility index (Phi) is 6.56. The van der Waals surface area contributed by atoms with Gasteiger partial charge in [0.15, 0.2) is 0 Å². The van der Waals surface area contributed by atoms with Crippen LogP contribution in [0.5, 0.6) is 0 Å². The first-order valence-corrected chi connectivity index (χ1v) is 6.88. The average Bonchev–Trinajstić information content (AvgIpc) is 2.41. The highest BCUT2D eigenvalue weighted by molar-refractivity contribution is 5.98. The van der Waals surface area contributed by atoms with Gasteiger partial charge in [0.1, 0.15) is 0 Å². The van der Waals surface area contributed by atoms with Gasteiger partial charge in [-0.25, -0.2) is 9.59 Å². The second-order valence-electron chi connectivity index (χ2n) is 4.55. The fourth-order valence-corrected chi connectivity index (χ4v) is 1.78. The molecule has 2 N–H and O–H groups in total. The number of rotatable bonds is 7. The Balaban J connectivity index is 2.78. The van der Waals surface area contributed by atoms with Gasteiger partial charge in [-0.2, -0.15) is 0 Å². The van der Waals surface area contributed by atoms with Crippen molar-refractivity contribution in [1.29, 1.82) is 0 Å². The van der Waals surface area contributed by atoms with Crippen molar-refractivity contribution in [3.63, 3.8) is 0 Å². The van der Waals surface area contributed by atoms with Crippen LogP contribution in [0.2, 0.25) is 0 Å². The lowest BCUT2D eigenvalue weighted by molar-refractivity contribution is 0.0698. The van der Waals surface area contributed by atoms with E-state index in [1.54, 1.807) is 12.1 Å². The number of hydrogen-bond acceptors (Lipinski definition) is 3. The smallest absolute Gasteiger partial charge is 0.411 e. The zero-order valence-corrected chi connectivity index (χ0v) is 11.9. The van der Waals surface area contributed by atoms with Crippen molar-refractivity contribution in [3.8, 4) is 0 Å². The molecule has 1 amide bonds. The number of aromatic carboxylic acids is 1. The van der Waals surface area contributed by atoms with Crippen molar-refractivity contribution in [2.24, 2.45) is 0 Å². The number of carboxylic acids is 1. The van der Waals surface area contributed by atoms with Gasteiger partial charge in [0, 0.05) is 0 Å². The van der Waals surface area contributed by atoms with Crippen LogP contribution in [0.15, 0.2) is 18.2 Å². The van der Waals surface area contributed by atoms with Gasteiger partial charge in [-0.15, -0.1) is 0 Å². The van der Waals surface area contributed by atoms with E-state index in [9.17, 15) is 14.7 Å². The molecule has 0 aliphatic rings. The van der Waals surface area contributed by atoms with Crippen molar-refractivity contribution in [2.45, 2.75) is 39.5 Å². The summed E-state index contributed by atoms with van der Waals surface area (Å²) in [7, 11) is 0. The number of ether oxygens (including phenoxy) is 1. The zero-order valence-electron chi connectivity index (χ0n) is 11.9. The quantitative estimate of drug-likeness (QED) is 0.746. The number of aryl methyl sites for hydroxylation is 1. The zero-order chi connectivity index (χ0) is 15.0. The highest BCUT2D eigenvalue weighted by atomic mass is 16.5. The van der Waals surface area contributed by atoms with Crippen LogP contribution in [-0.2, 0) is 11.2 Å². The summed E-state index contributed by atoms with van der Waals surface area (Å²) in [5.41, 5.74) is 1.29. The summed E-state index contributed by atoms with van der Waals surface area (Å²) in [4.78, 5) is 22.8. The molecule has 0 aromatic heterocycles. The molecule has 0 saturated heterocycles. The molecule has 20 heavy (non-hydrogen) atoms. The molecule has 0 bridgehead atoms. The molecule has 0 unspecified atom stereocenters. The Labute approximate surface area is 118 Å². The van der Waals surface area contributed by atoms with Gasteiger partial charge in [-0.1, -0.05) is 32.8 Å². The first kappa shape index (κ1) is 16.0. The number of carbonyl (C=O) groups excluding carboxylic acids is 1. The van der Waals surface area contributed by atoms with E-state index in [2.05, 4.69) is 5.32 Å². The molecule has 0 aliphatic heterocycles. The predicted molar refractivity (Wildman–Crippen MR) is 77.3 cm³/mol. The lowest BCUT2D eigenvalue weighted by Crippen LogP contribution is -2.16. The van der Waals surface area contributed by atoms with Crippen molar-refractivity contribution in [2.75, 3.05) is 11.9 Å². The Hall–Kier alpha value is -2.04. The minimum absolute atomic E-state index is 0.0865. The Morgan fingerprint density at radius 1 is 1.25 bits per heavy atom. The maximum atomic E-state index is 11.5. The fourth-order valence-electron chi connectivity index (χ4n) is 1.78. The number of unbranched alkanes of at least 4 members (excludes halogenated alkanes) is 1. The summed E-state index contributed by atoms with van der Waals surface area (Å²) in [5, 5.41) is 11.7. The maximum Gasteiger partial charge on any atom is 0.411 e. The summed E-state index contributed by atoms with van der Waals surface area (Å²) in [6.45, 7) is 4.35. The molecule has 1 aromatic carbocycles. The van der Waals surface area contributed by atoms with Crippen LogP contribution in [-0.4, -0.2) is 23.8 Å². The van der Waals surface area contributed by atoms with E-state index in [4.69, 9.17) is 4.74 Å². The number of anilines is 1. The molecule has 1 rings (SSSR count). The van der Waals surface area contributed by atoms with Crippen LogP contribution in [0, 0.1) is 0 Å². The number of hydrogen-bond donors (Lipinski definition) is 2. The van der Waals surface area contributed by atoms with Crippen LogP contribution in [0.1, 0.15) is 49.0 Å². The second kappa shape index (κ2) is 8.19.